The molecule has 1 aliphatic heterocycles. The molecule has 3 rings (SSSR count). The molecule has 26 heavy (non-hydrogen) atoms. The van der Waals surface area contributed by atoms with Gasteiger partial charge < -0.3 is 15.0 Å². The second-order valence-electron chi connectivity index (χ2n) is 6.72. The standard InChI is InChI=1S/C21H27N3O2/c1-3-4-18-9-11-23(12-10-18)17(2)21(25)22-19-5-7-20(8-6-19)24-13-15-26-16-14-24/h5-12,17H,3-4,13-16H2,1-2H3/p+1/t17-/m0/s1. The molecule has 1 N–H and O–H groups in total. The van der Waals surface area contributed by atoms with E-state index in [-0.39, 0.29) is 11.9 Å². The summed E-state index contributed by atoms with van der Waals surface area (Å²) in [5.41, 5.74) is 3.29. The minimum atomic E-state index is -0.260. The fraction of sp³-hybridized carbons (Fsp3) is 0.429. The van der Waals surface area contributed by atoms with Crippen LogP contribution in [0.1, 0.15) is 31.9 Å². The van der Waals surface area contributed by atoms with Crippen LogP contribution >= 0.6 is 0 Å². The molecule has 1 amide bonds. The lowest BCUT2D eigenvalue weighted by Gasteiger charge is -2.28. The number of nitrogens with zero attached hydrogens (tertiary/aromatic N) is 2. The van der Waals surface area contributed by atoms with Crippen LogP contribution in [0.25, 0.3) is 0 Å². The van der Waals surface area contributed by atoms with E-state index < -0.39 is 0 Å². The number of aryl methyl sites for hydroxylation is 1. The SMILES string of the molecule is CCCc1cc[n+]([C@@H](C)C(=O)Nc2ccc(N3CCOCC3)cc2)cc1. The molecule has 0 aliphatic carbocycles. The van der Waals surface area contributed by atoms with Gasteiger partial charge in [-0.25, -0.2) is 0 Å². The van der Waals surface area contributed by atoms with Crippen LogP contribution in [0.3, 0.4) is 0 Å². The highest BCUT2D eigenvalue weighted by Gasteiger charge is 2.22. The number of rotatable bonds is 6. The Hall–Kier alpha value is -2.40. The van der Waals surface area contributed by atoms with E-state index in [1.54, 1.807) is 0 Å². The van der Waals surface area contributed by atoms with Crippen LogP contribution in [0.15, 0.2) is 48.8 Å². The van der Waals surface area contributed by atoms with Gasteiger partial charge in [-0.3, -0.25) is 4.79 Å². The normalized spacial score (nSPS) is 15.5. The highest BCUT2D eigenvalue weighted by Crippen LogP contribution is 2.19. The summed E-state index contributed by atoms with van der Waals surface area (Å²) < 4.78 is 7.33. The Bertz CT molecular complexity index is 707. The molecular formula is C21H28N3O2+. The molecule has 1 aliphatic rings. The van der Waals surface area contributed by atoms with Crippen LogP contribution in [-0.2, 0) is 16.0 Å². The van der Waals surface area contributed by atoms with Crippen molar-refractivity contribution in [1.29, 1.82) is 0 Å². The molecule has 2 aromatic rings. The molecule has 5 nitrogen and oxygen atoms in total. The number of nitrogens with one attached hydrogen (secondary N) is 1. The maximum absolute atomic E-state index is 12.6. The molecule has 2 heterocycles. The highest BCUT2D eigenvalue weighted by atomic mass is 16.5. The summed E-state index contributed by atoms with van der Waals surface area (Å²) in [5.74, 6) is -0.0163. The van der Waals surface area contributed by atoms with Crippen LogP contribution in [-0.4, -0.2) is 32.2 Å². The van der Waals surface area contributed by atoms with E-state index in [0.717, 1.165) is 44.8 Å². The van der Waals surface area contributed by atoms with Crippen molar-refractivity contribution in [3.8, 4) is 0 Å². The van der Waals surface area contributed by atoms with Gasteiger partial charge in [-0.15, -0.1) is 0 Å². The number of morpholine rings is 1. The number of amides is 1. The lowest BCUT2D eigenvalue weighted by atomic mass is 10.1. The third-order valence-corrected chi connectivity index (χ3v) is 4.80. The quantitative estimate of drug-likeness (QED) is 0.811. The fourth-order valence-electron chi connectivity index (χ4n) is 3.14. The predicted molar refractivity (Wildman–Crippen MR) is 103 cm³/mol. The van der Waals surface area contributed by atoms with Crippen molar-refractivity contribution in [1.82, 2.24) is 0 Å². The maximum atomic E-state index is 12.6. The summed E-state index contributed by atoms with van der Waals surface area (Å²) in [6.45, 7) is 7.44. The zero-order chi connectivity index (χ0) is 18.4. The predicted octanol–water partition coefficient (Wildman–Crippen LogP) is 2.96. The molecule has 0 unspecified atom stereocenters. The van der Waals surface area contributed by atoms with Gasteiger partial charge in [0.05, 0.1) is 13.2 Å². The lowest BCUT2D eigenvalue weighted by molar-refractivity contribution is -0.705. The zero-order valence-electron chi connectivity index (χ0n) is 15.6. The number of carbonyl (C=O) groups excluding carboxylic acids is 1. The van der Waals surface area contributed by atoms with Gasteiger partial charge in [0, 0.05) is 43.5 Å². The van der Waals surface area contributed by atoms with Crippen molar-refractivity contribution in [3.05, 3.63) is 54.4 Å². The molecule has 0 saturated carbocycles. The van der Waals surface area contributed by atoms with Gasteiger partial charge >= 0.3 is 0 Å². The van der Waals surface area contributed by atoms with Gasteiger partial charge in [0.15, 0.2) is 12.4 Å². The second kappa shape index (κ2) is 8.81. The van der Waals surface area contributed by atoms with E-state index in [2.05, 4.69) is 41.4 Å². The molecule has 0 spiro atoms. The van der Waals surface area contributed by atoms with E-state index in [1.165, 1.54) is 11.3 Å². The zero-order valence-corrected chi connectivity index (χ0v) is 15.6. The minimum absolute atomic E-state index is 0.0163. The average Bonchev–Trinajstić information content (AvgIpc) is 2.69. The van der Waals surface area contributed by atoms with Crippen molar-refractivity contribution in [2.24, 2.45) is 0 Å². The molecular weight excluding hydrogens is 326 g/mol. The number of hydrogen-bond acceptors (Lipinski definition) is 3. The van der Waals surface area contributed by atoms with Gasteiger partial charge in [0.2, 0.25) is 6.04 Å². The van der Waals surface area contributed by atoms with Crippen molar-refractivity contribution in [3.63, 3.8) is 0 Å². The first-order chi connectivity index (χ1) is 12.7. The van der Waals surface area contributed by atoms with E-state index in [1.807, 2.05) is 36.0 Å². The second-order valence-corrected chi connectivity index (χ2v) is 6.72. The summed E-state index contributed by atoms with van der Waals surface area (Å²) in [6, 6.07) is 11.9. The third kappa shape index (κ3) is 4.61. The highest BCUT2D eigenvalue weighted by molar-refractivity contribution is 5.92. The van der Waals surface area contributed by atoms with Crippen LogP contribution < -0.4 is 14.8 Å². The molecule has 0 radical (unpaired) electrons. The topological polar surface area (TPSA) is 45.5 Å². The molecule has 1 aromatic heterocycles. The molecule has 1 aromatic carbocycles. The molecule has 0 bridgehead atoms. The number of carbonyl (C=O) groups is 1. The van der Waals surface area contributed by atoms with Crippen LogP contribution in [0.4, 0.5) is 11.4 Å². The van der Waals surface area contributed by atoms with Crippen LogP contribution in [0.5, 0.6) is 0 Å². The monoisotopic (exact) mass is 354 g/mol. The largest absolute Gasteiger partial charge is 0.378 e. The summed E-state index contributed by atoms with van der Waals surface area (Å²) in [6.07, 6.45) is 6.16. The molecule has 1 saturated heterocycles. The van der Waals surface area contributed by atoms with Gasteiger partial charge in [0.1, 0.15) is 0 Å². The van der Waals surface area contributed by atoms with E-state index in [9.17, 15) is 4.79 Å². The van der Waals surface area contributed by atoms with Crippen molar-refractivity contribution in [2.45, 2.75) is 32.7 Å². The Balaban J connectivity index is 1.59. The Morgan fingerprint density at radius 2 is 1.81 bits per heavy atom. The summed E-state index contributed by atoms with van der Waals surface area (Å²) >= 11 is 0. The van der Waals surface area contributed by atoms with E-state index in [4.69, 9.17) is 4.74 Å². The Morgan fingerprint density at radius 3 is 2.42 bits per heavy atom. The van der Waals surface area contributed by atoms with Gasteiger partial charge in [-0.1, -0.05) is 13.3 Å². The summed E-state index contributed by atoms with van der Waals surface area (Å²) in [5, 5.41) is 3.01. The van der Waals surface area contributed by atoms with Gasteiger partial charge in [0.25, 0.3) is 5.91 Å². The minimum Gasteiger partial charge on any atom is -0.378 e. The Morgan fingerprint density at radius 1 is 1.15 bits per heavy atom. The first kappa shape index (κ1) is 18.4. The maximum Gasteiger partial charge on any atom is 0.293 e. The van der Waals surface area contributed by atoms with Gasteiger partial charge in [-0.2, -0.15) is 4.57 Å². The van der Waals surface area contributed by atoms with Crippen LogP contribution in [0, 0.1) is 0 Å². The molecule has 5 heteroatoms. The summed E-state index contributed by atoms with van der Waals surface area (Å²) in [4.78, 5) is 14.8. The van der Waals surface area contributed by atoms with Crippen molar-refractivity contribution < 1.29 is 14.1 Å². The number of ether oxygens (including phenoxy) is 1. The van der Waals surface area contributed by atoms with E-state index >= 15 is 0 Å². The number of anilines is 2. The molecule has 138 valence electrons. The fourth-order valence-corrected chi connectivity index (χ4v) is 3.14. The Kier molecular flexibility index (Phi) is 6.23. The first-order valence-corrected chi connectivity index (χ1v) is 9.40. The smallest absolute Gasteiger partial charge is 0.293 e. The van der Waals surface area contributed by atoms with E-state index in [0.29, 0.717) is 0 Å². The van der Waals surface area contributed by atoms with Crippen LogP contribution in [0.2, 0.25) is 0 Å². The first-order valence-electron chi connectivity index (χ1n) is 9.40. The number of benzene rings is 1. The number of pyridine rings is 1. The van der Waals surface area contributed by atoms with Gasteiger partial charge in [-0.05, 0) is 36.2 Å². The number of aromatic nitrogens is 1. The number of hydrogen-bond donors (Lipinski definition) is 1. The third-order valence-electron chi connectivity index (χ3n) is 4.80. The van der Waals surface area contributed by atoms with Crippen molar-refractivity contribution in [2.75, 3.05) is 36.5 Å². The average molecular weight is 354 g/mol. The summed E-state index contributed by atoms with van der Waals surface area (Å²) in [7, 11) is 0. The van der Waals surface area contributed by atoms with Crippen molar-refractivity contribution >= 4 is 17.3 Å². The molecule has 1 fully saturated rings. The molecule has 1 atom stereocenters. The lowest BCUT2D eigenvalue weighted by Crippen LogP contribution is -2.44. The Labute approximate surface area is 155 Å².